The van der Waals surface area contributed by atoms with E-state index in [9.17, 15) is 13.2 Å². The summed E-state index contributed by atoms with van der Waals surface area (Å²) in [5.74, 6) is -1.49. The summed E-state index contributed by atoms with van der Waals surface area (Å²) in [5, 5.41) is 8.94. The number of hydrogen-bond donors (Lipinski definition) is 1. The molecule has 2 rings (SSSR count). The molecule has 6 heteroatoms. The number of rotatable bonds is 4. The molecule has 20 heavy (non-hydrogen) atoms. The molecule has 0 amide bonds. The van der Waals surface area contributed by atoms with E-state index in [1.165, 1.54) is 4.31 Å². The zero-order valence-electron chi connectivity index (χ0n) is 11.8. The van der Waals surface area contributed by atoms with Crippen LogP contribution in [0, 0.1) is 25.7 Å². The first-order valence-electron chi connectivity index (χ1n) is 6.53. The third-order valence-electron chi connectivity index (χ3n) is 3.93. The van der Waals surface area contributed by atoms with Gasteiger partial charge in [0, 0.05) is 13.1 Å². The van der Waals surface area contributed by atoms with Crippen LogP contribution in [0.3, 0.4) is 0 Å². The lowest BCUT2D eigenvalue weighted by Gasteiger charge is -2.40. The molecule has 1 saturated heterocycles. The number of aliphatic carboxylic acids is 1. The molecule has 1 aromatic carbocycles. The molecule has 0 spiro atoms. The van der Waals surface area contributed by atoms with Gasteiger partial charge in [-0.15, -0.1) is 0 Å². The third kappa shape index (κ3) is 2.58. The molecule has 1 atom stereocenters. The Labute approximate surface area is 119 Å². The lowest BCUT2D eigenvalue weighted by atomic mass is 9.89. The van der Waals surface area contributed by atoms with Crippen molar-refractivity contribution in [3.8, 4) is 0 Å². The number of benzene rings is 1. The van der Waals surface area contributed by atoms with Gasteiger partial charge in [-0.3, -0.25) is 4.79 Å². The second kappa shape index (κ2) is 5.18. The third-order valence-corrected chi connectivity index (χ3v) is 5.91. The van der Waals surface area contributed by atoms with Gasteiger partial charge in [0.25, 0.3) is 0 Å². The molecule has 1 aromatic rings. The van der Waals surface area contributed by atoms with Crippen LogP contribution in [-0.4, -0.2) is 36.9 Å². The van der Waals surface area contributed by atoms with Crippen molar-refractivity contribution in [2.24, 2.45) is 11.8 Å². The van der Waals surface area contributed by atoms with Crippen LogP contribution in [-0.2, 0) is 14.8 Å². The van der Waals surface area contributed by atoms with Gasteiger partial charge in [-0.05, 0) is 37.0 Å². The Morgan fingerprint density at radius 1 is 1.35 bits per heavy atom. The van der Waals surface area contributed by atoms with E-state index in [-0.39, 0.29) is 19.0 Å². The van der Waals surface area contributed by atoms with Crippen molar-refractivity contribution >= 4 is 16.0 Å². The summed E-state index contributed by atoms with van der Waals surface area (Å²) in [4.78, 5) is 11.2. The van der Waals surface area contributed by atoms with Gasteiger partial charge in [-0.25, -0.2) is 8.42 Å². The van der Waals surface area contributed by atoms with E-state index in [1.54, 1.807) is 26.0 Å². The first-order chi connectivity index (χ1) is 9.23. The maximum absolute atomic E-state index is 12.5. The van der Waals surface area contributed by atoms with Crippen molar-refractivity contribution < 1.29 is 18.3 Å². The zero-order chi connectivity index (χ0) is 15.1. The highest BCUT2D eigenvalue weighted by molar-refractivity contribution is 7.89. The molecule has 1 fully saturated rings. The van der Waals surface area contributed by atoms with Crippen molar-refractivity contribution in [1.82, 2.24) is 4.31 Å². The topological polar surface area (TPSA) is 74.7 Å². The molecule has 0 aromatic heterocycles. The van der Waals surface area contributed by atoms with Gasteiger partial charge in [0.15, 0.2) is 0 Å². The number of sulfonamides is 1. The summed E-state index contributed by atoms with van der Waals surface area (Å²) >= 11 is 0. The maximum atomic E-state index is 12.5. The van der Waals surface area contributed by atoms with Crippen LogP contribution in [0.2, 0.25) is 0 Å². The fraction of sp³-hybridized carbons (Fsp3) is 0.500. The first kappa shape index (κ1) is 15.0. The fourth-order valence-corrected chi connectivity index (χ4v) is 4.17. The van der Waals surface area contributed by atoms with Crippen LogP contribution in [0.4, 0.5) is 0 Å². The Hall–Kier alpha value is -1.40. The second-order valence-electron chi connectivity index (χ2n) is 5.48. The summed E-state index contributed by atoms with van der Waals surface area (Å²) in [6.45, 7) is 5.80. The molecule has 1 aliphatic rings. The van der Waals surface area contributed by atoms with Gasteiger partial charge >= 0.3 is 5.97 Å². The summed E-state index contributed by atoms with van der Waals surface area (Å²) in [6, 6.07) is 5.33. The fourth-order valence-electron chi connectivity index (χ4n) is 2.31. The number of nitrogens with zero attached hydrogens (tertiary/aromatic N) is 1. The minimum atomic E-state index is -3.51. The highest BCUT2D eigenvalue weighted by Crippen LogP contribution is 2.31. The molecule has 0 aliphatic carbocycles. The van der Waals surface area contributed by atoms with Crippen molar-refractivity contribution in [3.05, 3.63) is 29.3 Å². The summed E-state index contributed by atoms with van der Waals surface area (Å²) < 4.78 is 26.4. The molecular formula is C14H19NO4S. The molecule has 0 radical (unpaired) electrons. The predicted molar refractivity (Wildman–Crippen MR) is 75.0 cm³/mol. The Bertz CT molecular complexity index is 633. The van der Waals surface area contributed by atoms with E-state index in [2.05, 4.69) is 0 Å². The Morgan fingerprint density at radius 2 is 1.95 bits per heavy atom. The zero-order valence-corrected chi connectivity index (χ0v) is 12.6. The minimum Gasteiger partial charge on any atom is -0.481 e. The lowest BCUT2D eigenvalue weighted by Crippen LogP contribution is -2.53. The van der Waals surface area contributed by atoms with Crippen molar-refractivity contribution in [1.29, 1.82) is 0 Å². The average molecular weight is 297 g/mol. The molecule has 1 heterocycles. The van der Waals surface area contributed by atoms with Gasteiger partial charge in [0.05, 0.1) is 10.8 Å². The van der Waals surface area contributed by atoms with E-state index in [4.69, 9.17) is 5.11 Å². The SMILES string of the molecule is Cc1ccc(C)c(S(=O)(=O)N2CC(C(C)C(=O)O)C2)c1. The van der Waals surface area contributed by atoms with Crippen LogP contribution in [0.5, 0.6) is 0 Å². The van der Waals surface area contributed by atoms with Crippen molar-refractivity contribution in [2.75, 3.05) is 13.1 Å². The lowest BCUT2D eigenvalue weighted by molar-refractivity contribution is -0.144. The number of aryl methyl sites for hydroxylation is 2. The number of carboxylic acids is 1. The number of carboxylic acid groups (broad SMARTS) is 1. The van der Waals surface area contributed by atoms with E-state index in [0.717, 1.165) is 5.56 Å². The highest BCUT2D eigenvalue weighted by Gasteiger charge is 2.41. The van der Waals surface area contributed by atoms with Crippen LogP contribution in [0.25, 0.3) is 0 Å². The predicted octanol–water partition coefficient (Wildman–Crippen LogP) is 1.64. The molecule has 0 bridgehead atoms. The number of hydrogen-bond acceptors (Lipinski definition) is 3. The van der Waals surface area contributed by atoms with Gasteiger partial charge in [0.2, 0.25) is 10.0 Å². The van der Waals surface area contributed by atoms with E-state index in [1.807, 2.05) is 13.0 Å². The van der Waals surface area contributed by atoms with Gasteiger partial charge < -0.3 is 5.11 Å². The van der Waals surface area contributed by atoms with Crippen LogP contribution in [0.15, 0.2) is 23.1 Å². The molecule has 1 unspecified atom stereocenters. The Balaban J connectivity index is 2.18. The first-order valence-corrected chi connectivity index (χ1v) is 7.97. The highest BCUT2D eigenvalue weighted by atomic mass is 32.2. The molecular weight excluding hydrogens is 278 g/mol. The molecule has 1 aliphatic heterocycles. The largest absolute Gasteiger partial charge is 0.481 e. The van der Waals surface area contributed by atoms with Crippen LogP contribution in [0.1, 0.15) is 18.1 Å². The maximum Gasteiger partial charge on any atom is 0.306 e. The quantitative estimate of drug-likeness (QED) is 0.917. The minimum absolute atomic E-state index is 0.104. The van der Waals surface area contributed by atoms with Gasteiger partial charge in [0.1, 0.15) is 0 Å². The van der Waals surface area contributed by atoms with Crippen LogP contribution < -0.4 is 0 Å². The Morgan fingerprint density at radius 3 is 2.50 bits per heavy atom. The normalized spacial score (nSPS) is 18.6. The van der Waals surface area contributed by atoms with Gasteiger partial charge in [-0.1, -0.05) is 19.1 Å². The summed E-state index contributed by atoms with van der Waals surface area (Å²) in [5.41, 5.74) is 1.61. The smallest absolute Gasteiger partial charge is 0.306 e. The monoisotopic (exact) mass is 297 g/mol. The molecule has 110 valence electrons. The van der Waals surface area contributed by atoms with Gasteiger partial charge in [-0.2, -0.15) is 4.31 Å². The molecule has 5 nitrogen and oxygen atoms in total. The standard InChI is InChI=1S/C14H19NO4S/c1-9-4-5-10(2)13(6-9)20(18,19)15-7-12(8-15)11(3)14(16)17/h4-6,11-12H,7-8H2,1-3H3,(H,16,17). The average Bonchev–Trinajstić information content (AvgIpc) is 2.29. The number of carbonyl (C=O) groups is 1. The molecule has 1 N–H and O–H groups in total. The summed E-state index contributed by atoms with van der Waals surface area (Å²) in [7, 11) is -3.51. The van der Waals surface area contributed by atoms with Crippen molar-refractivity contribution in [2.45, 2.75) is 25.7 Å². The van der Waals surface area contributed by atoms with E-state index < -0.39 is 21.9 Å². The van der Waals surface area contributed by atoms with Crippen LogP contribution >= 0.6 is 0 Å². The van der Waals surface area contributed by atoms with Crippen molar-refractivity contribution in [3.63, 3.8) is 0 Å². The second-order valence-corrected chi connectivity index (χ2v) is 7.38. The Kier molecular flexibility index (Phi) is 3.88. The summed E-state index contributed by atoms with van der Waals surface area (Å²) in [6.07, 6.45) is 0. The van der Waals surface area contributed by atoms with E-state index >= 15 is 0 Å². The van der Waals surface area contributed by atoms with E-state index in [0.29, 0.717) is 10.5 Å². The molecule has 0 saturated carbocycles.